The van der Waals surface area contributed by atoms with Gasteiger partial charge in [-0.1, -0.05) is 225 Å². The normalized spacial score (nSPS) is 19.0. The maximum absolute atomic E-state index is 5.63. The number of para-hydroxylation sites is 2. The topological polar surface area (TPSA) is 43.1 Å². The van der Waals surface area contributed by atoms with E-state index in [9.17, 15) is 0 Å². The zero-order chi connectivity index (χ0) is 48.7. The summed E-state index contributed by atoms with van der Waals surface area (Å²) >= 11 is 0. The van der Waals surface area contributed by atoms with Crippen LogP contribution < -0.4 is 0 Å². The van der Waals surface area contributed by atoms with Gasteiger partial charge in [0.05, 0.1) is 33.8 Å². The van der Waals surface area contributed by atoms with Gasteiger partial charge in [-0.15, -0.1) is 0 Å². The molecule has 0 saturated heterocycles. The Morgan fingerprint density at radius 3 is 1.67 bits per heavy atom. The minimum atomic E-state index is -0.410. The zero-order valence-corrected chi connectivity index (χ0v) is 40.7. The molecule has 0 spiro atoms. The van der Waals surface area contributed by atoms with Gasteiger partial charge >= 0.3 is 0 Å². The fourth-order valence-corrected chi connectivity index (χ4v) is 11.9. The number of benzene rings is 9. The Balaban J connectivity index is 0.786. The maximum atomic E-state index is 5.63. The summed E-state index contributed by atoms with van der Waals surface area (Å²) in [7, 11) is 0. The van der Waals surface area contributed by atoms with Gasteiger partial charge in [0.25, 0.3) is 0 Å². The van der Waals surface area contributed by atoms with Crippen LogP contribution in [0.15, 0.2) is 254 Å². The molecule has 4 nitrogen and oxygen atoms in total. The molecule has 73 heavy (non-hydrogen) atoms. The van der Waals surface area contributed by atoms with Gasteiger partial charge in [0.1, 0.15) is 0 Å². The summed E-state index contributed by atoms with van der Waals surface area (Å²) in [4.78, 5) is 16.1. The fraction of sp³-hybridized carbons (Fsp3) is 0.0870. The van der Waals surface area contributed by atoms with E-state index in [1.165, 1.54) is 54.3 Å². The Kier molecular flexibility index (Phi) is 9.88. The van der Waals surface area contributed by atoms with Crippen LogP contribution in [0.5, 0.6) is 0 Å². The molecule has 2 aliphatic carbocycles. The maximum Gasteiger partial charge on any atom is 0.160 e. The van der Waals surface area contributed by atoms with Crippen molar-refractivity contribution in [2.24, 2.45) is 4.99 Å². The van der Waals surface area contributed by atoms with Gasteiger partial charge in [-0.05, 0) is 98.2 Å². The lowest BCUT2D eigenvalue weighted by atomic mass is 9.74. The summed E-state index contributed by atoms with van der Waals surface area (Å²) in [6.45, 7) is 4.61. The third-order valence-electron chi connectivity index (χ3n) is 15.8. The second kappa shape index (κ2) is 16.8. The van der Waals surface area contributed by atoms with Crippen LogP contribution in [-0.2, 0) is 5.41 Å². The van der Waals surface area contributed by atoms with Gasteiger partial charge in [-0.25, -0.2) is 9.97 Å². The number of fused-ring (bicyclic) bond motifs is 11. The molecule has 1 aliphatic heterocycles. The van der Waals surface area contributed by atoms with Crippen molar-refractivity contribution in [2.75, 3.05) is 0 Å². The smallest absolute Gasteiger partial charge is 0.160 e. The molecule has 11 aromatic rings. The number of nitrogens with zero attached hydrogens (tertiary/aromatic N) is 4. The van der Waals surface area contributed by atoms with Gasteiger partial charge in [-0.3, -0.25) is 4.99 Å². The number of hydrogen-bond donors (Lipinski definition) is 0. The second-order valence-electron chi connectivity index (χ2n) is 20.3. The van der Waals surface area contributed by atoms with Crippen molar-refractivity contribution in [3.8, 4) is 39.3 Å². The largest absolute Gasteiger partial charge is 0.307 e. The van der Waals surface area contributed by atoms with E-state index in [2.05, 4.69) is 267 Å². The Hall–Kier alpha value is -8.99. The van der Waals surface area contributed by atoms with Crippen molar-refractivity contribution in [1.82, 2.24) is 14.5 Å². The van der Waals surface area contributed by atoms with Crippen LogP contribution in [0.2, 0.25) is 0 Å². The Bertz CT molecular complexity index is 4140. The standard InChI is InChI=1S/C69H50N4/c1-68(51-36-37-57-55-23-10-9-21-53(55)54-22-11-12-24-56(54)59(57)43-51)41-38-50(39-42-68)67-70-61(47-17-5-3-6-18-47)44-62(71-67)48-32-28-45(29-33-48)46-30-34-49(35-31-46)65-66-64(60-26-15-16-40-69(60,2)72-65)58-25-13-14-27-63(58)73(66)52-19-7-4-8-20-52/h3-41,43-44,60H,42H2,1-2H3. The molecule has 0 amide bonds. The van der Waals surface area contributed by atoms with E-state index < -0.39 is 5.54 Å². The quantitative estimate of drug-likeness (QED) is 0.149. The van der Waals surface area contributed by atoms with Crippen molar-refractivity contribution >= 4 is 54.5 Å². The molecule has 0 fully saturated rings. The molecule has 3 unspecified atom stereocenters. The minimum Gasteiger partial charge on any atom is -0.307 e. The molecule has 3 aliphatic rings. The highest BCUT2D eigenvalue weighted by Gasteiger charge is 2.42. The third-order valence-corrected chi connectivity index (χ3v) is 15.8. The molecule has 14 rings (SSSR count). The van der Waals surface area contributed by atoms with Crippen molar-refractivity contribution in [2.45, 2.75) is 37.1 Å². The van der Waals surface area contributed by atoms with Crippen molar-refractivity contribution in [3.63, 3.8) is 0 Å². The molecule has 0 N–H and O–H groups in total. The van der Waals surface area contributed by atoms with Crippen molar-refractivity contribution in [1.29, 1.82) is 0 Å². The van der Waals surface area contributed by atoms with Crippen LogP contribution in [0.4, 0.5) is 0 Å². The molecule has 4 heteroatoms. The van der Waals surface area contributed by atoms with Crippen LogP contribution in [0.25, 0.3) is 88.1 Å². The van der Waals surface area contributed by atoms with Gasteiger partial charge in [0, 0.05) is 44.7 Å². The lowest BCUT2D eigenvalue weighted by Crippen LogP contribution is -2.36. The summed E-state index contributed by atoms with van der Waals surface area (Å²) < 4.78 is 2.41. The van der Waals surface area contributed by atoms with E-state index >= 15 is 0 Å². The Morgan fingerprint density at radius 2 is 1.03 bits per heavy atom. The van der Waals surface area contributed by atoms with Crippen LogP contribution in [0, 0.1) is 0 Å². The second-order valence-corrected chi connectivity index (χ2v) is 20.3. The summed E-state index contributed by atoms with van der Waals surface area (Å²) in [6.07, 6.45) is 16.7. The van der Waals surface area contributed by atoms with E-state index in [1.54, 1.807) is 0 Å². The van der Waals surface area contributed by atoms with Crippen LogP contribution in [-0.4, -0.2) is 25.8 Å². The van der Waals surface area contributed by atoms with Gasteiger partial charge < -0.3 is 4.57 Å². The fourth-order valence-electron chi connectivity index (χ4n) is 11.9. The predicted molar refractivity (Wildman–Crippen MR) is 305 cm³/mol. The Morgan fingerprint density at radius 1 is 0.479 bits per heavy atom. The van der Waals surface area contributed by atoms with Gasteiger partial charge in [0.2, 0.25) is 0 Å². The average molecular weight is 935 g/mol. The number of aromatic nitrogens is 3. The highest BCUT2D eigenvalue weighted by atomic mass is 15.0. The van der Waals surface area contributed by atoms with E-state index in [-0.39, 0.29) is 11.3 Å². The minimum absolute atomic E-state index is 0.120. The predicted octanol–water partition coefficient (Wildman–Crippen LogP) is 17.0. The molecular weight excluding hydrogens is 885 g/mol. The summed E-state index contributed by atoms with van der Waals surface area (Å²) in [5.74, 6) is 0.847. The lowest BCUT2D eigenvalue weighted by molar-refractivity contribution is 0.516. The molecule has 0 radical (unpaired) electrons. The van der Waals surface area contributed by atoms with E-state index in [4.69, 9.17) is 15.0 Å². The lowest BCUT2D eigenvalue weighted by Gasteiger charge is -2.37. The summed E-state index contributed by atoms with van der Waals surface area (Å²) in [6, 6.07) is 74.5. The molecule has 346 valence electrons. The monoisotopic (exact) mass is 934 g/mol. The van der Waals surface area contributed by atoms with E-state index in [0.29, 0.717) is 0 Å². The van der Waals surface area contributed by atoms with E-state index in [0.717, 1.165) is 74.1 Å². The number of allylic oxidation sites excluding steroid dienone is 6. The SMILES string of the molecule is CC1(c2ccc3c4ccccc4c4ccccc4c3c2)C=CC(c2nc(-c3ccccc3)cc(-c3ccc(-c4ccc(C5=NC6(C)C=CC=CC6c6c5n(-c5ccccc5)c5ccccc65)cc4)cc3)n2)=CC1. The molecular formula is C69H50N4. The Labute approximate surface area is 425 Å². The highest BCUT2D eigenvalue weighted by molar-refractivity contribution is 6.25. The molecule has 3 heterocycles. The first kappa shape index (κ1) is 42.9. The first-order valence-corrected chi connectivity index (χ1v) is 25.4. The first-order chi connectivity index (χ1) is 35.9. The number of rotatable bonds is 7. The average Bonchev–Trinajstić information content (AvgIpc) is 3.81. The number of hydrogen-bond acceptors (Lipinski definition) is 3. The molecule has 3 atom stereocenters. The molecule has 9 aromatic carbocycles. The molecule has 2 aromatic heterocycles. The molecule has 0 saturated carbocycles. The first-order valence-electron chi connectivity index (χ1n) is 25.4. The van der Waals surface area contributed by atoms with Gasteiger partial charge in [-0.2, -0.15) is 0 Å². The summed E-state index contributed by atoms with van der Waals surface area (Å²) in [5.41, 5.74) is 14.8. The van der Waals surface area contributed by atoms with Crippen molar-refractivity contribution in [3.05, 3.63) is 277 Å². The number of aliphatic imine (C=N–C) groups is 1. The van der Waals surface area contributed by atoms with Crippen LogP contribution in [0.1, 0.15) is 54.4 Å². The zero-order valence-electron chi connectivity index (χ0n) is 40.7. The van der Waals surface area contributed by atoms with Crippen LogP contribution in [0.3, 0.4) is 0 Å². The molecule has 0 bridgehead atoms. The highest BCUT2D eigenvalue weighted by Crippen LogP contribution is 2.48. The van der Waals surface area contributed by atoms with E-state index in [1.807, 2.05) is 0 Å². The van der Waals surface area contributed by atoms with Crippen LogP contribution >= 0.6 is 0 Å². The third kappa shape index (κ3) is 7.08. The van der Waals surface area contributed by atoms with Gasteiger partial charge in [0.15, 0.2) is 5.82 Å². The summed E-state index contributed by atoms with van der Waals surface area (Å²) in [5, 5.41) is 9.02. The van der Waals surface area contributed by atoms with Crippen molar-refractivity contribution < 1.29 is 0 Å².